The Morgan fingerprint density at radius 2 is 2.60 bits per heavy atom. The van der Waals surface area contributed by atoms with Gasteiger partial charge in [0, 0.05) is 7.05 Å². The maximum atomic E-state index is 10.9. The highest BCUT2D eigenvalue weighted by Crippen LogP contribution is 2.25. The molecule has 6 nitrogen and oxygen atoms in total. The van der Waals surface area contributed by atoms with Crippen molar-refractivity contribution in [2.75, 3.05) is 12.9 Å². The monoisotopic (exact) mass is 226 g/mol. The van der Waals surface area contributed by atoms with Gasteiger partial charge in [-0.3, -0.25) is 9.48 Å². The van der Waals surface area contributed by atoms with E-state index in [4.69, 9.17) is 5.26 Å². The summed E-state index contributed by atoms with van der Waals surface area (Å²) in [5.41, 5.74) is 0.550. The molecule has 0 aliphatic heterocycles. The van der Waals surface area contributed by atoms with Gasteiger partial charge >= 0.3 is 5.97 Å². The van der Waals surface area contributed by atoms with Gasteiger partial charge in [-0.1, -0.05) is 5.21 Å². The number of aromatic nitrogens is 3. The van der Waals surface area contributed by atoms with Crippen LogP contribution in [0.4, 0.5) is 0 Å². The minimum absolute atomic E-state index is 0.130. The van der Waals surface area contributed by atoms with Crippen molar-refractivity contribution in [3.8, 4) is 6.07 Å². The largest absolute Gasteiger partial charge is 0.468 e. The van der Waals surface area contributed by atoms with Crippen LogP contribution < -0.4 is 0 Å². The van der Waals surface area contributed by atoms with E-state index in [1.165, 1.54) is 23.6 Å². The highest BCUT2D eigenvalue weighted by molar-refractivity contribution is 8.00. The number of hydrogen-bond donors (Lipinski definition) is 0. The number of nitriles is 1. The van der Waals surface area contributed by atoms with E-state index >= 15 is 0 Å². The summed E-state index contributed by atoms with van der Waals surface area (Å²) in [6, 6.07) is 2.05. The smallest absolute Gasteiger partial charge is 0.315 e. The van der Waals surface area contributed by atoms with Gasteiger partial charge in [0.25, 0.3) is 0 Å². The maximum absolute atomic E-state index is 10.9. The predicted molar refractivity (Wildman–Crippen MR) is 53.8 cm³/mol. The third-order valence-electron chi connectivity index (χ3n) is 1.60. The molecule has 1 aromatic rings. The Hall–Kier alpha value is -1.55. The summed E-state index contributed by atoms with van der Waals surface area (Å²) in [6.45, 7) is 0. The van der Waals surface area contributed by atoms with Crippen molar-refractivity contribution >= 4 is 17.7 Å². The van der Waals surface area contributed by atoms with E-state index in [1.807, 2.05) is 0 Å². The number of rotatable bonds is 4. The predicted octanol–water partition coefficient (Wildman–Crippen LogP) is 0.286. The lowest BCUT2D eigenvalue weighted by molar-refractivity contribution is -0.137. The van der Waals surface area contributed by atoms with Gasteiger partial charge in [-0.2, -0.15) is 5.26 Å². The quantitative estimate of drug-likeness (QED) is 0.686. The Balaban J connectivity index is 2.58. The van der Waals surface area contributed by atoms with Gasteiger partial charge in [0.05, 0.1) is 25.1 Å². The van der Waals surface area contributed by atoms with Crippen LogP contribution >= 0.6 is 11.8 Å². The third-order valence-corrected chi connectivity index (χ3v) is 2.68. The van der Waals surface area contributed by atoms with Gasteiger partial charge in [-0.15, -0.1) is 16.9 Å². The molecule has 1 aromatic heterocycles. The highest BCUT2D eigenvalue weighted by Gasteiger charge is 2.16. The molecular formula is C8H10N4O2S. The molecule has 1 atom stereocenters. The van der Waals surface area contributed by atoms with Crippen LogP contribution in [0.2, 0.25) is 0 Å². The number of ether oxygens (including phenoxy) is 1. The summed E-state index contributed by atoms with van der Waals surface area (Å²) in [5, 5.41) is 15.9. The van der Waals surface area contributed by atoms with Crippen molar-refractivity contribution in [3.63, 3.8) is 0 Å². The molecule has 7 heteroatoms. The molecular weight excluding hydrogens is 216 g/mol. The Labute approximate surface area is 91.2 Å². The van der Waals surface area contributed by atoms with Crippen LogP contribution in [0.25, 0.3) is 0 Å². The average Bonchev–Trinajstić information content (AvgIpc) is 2.65. The fourth-order valence-corrected chi connectivity index (χ4v) is 1.66. The fourth-order valence-electron chi connectivity index (χ4n) is 0.884. The standard InChI is InChI=1S/C8H10N4O2S/c1-12-4-6(10-11-12)7(3-9)15-5-8(13)14-2/h4,7H,5H2,1-2H3. The van der Waals surface area contributed by atoms with Crippen molar-refractivity contribution in [2.45, 2.75) is 5.25 Å². The van der Waals surface area contributed by atoms with E-state index in [1.54, 1.807) is 13.2 Å². The summed E-state index contributed by atoms with van der Waals surface area (Å²) in [5.74, 6) is -0.227. The number of thioether (sulfide) groups is 1. The SMILES string of the molecule is COC(=O)CSC(C#N)c1cn(C)nn1. The molecule has 0 fully saturated rings. The average molecular weight is 226 g/mol. The molecule has 0 aromatic carbocycles. The van der Waals surface area contributed by atoms with Crippen molar-refractivity contribution in [2.24, 2.45) is 7.05 Å². The van der Waals surface area contributed by atoms with Gasteiger partial charge in [0.2, 0.25) is 0 Å². The topological polar surface area (TPSA) is 80.8 Å². The van der Waals surface area contributed by atoms with Crippen LogP contribution in [0.3, 0.4) is 0 Å². The van der Waals surface area contributed by atoms with Crippen molar-refractivity contribution < 1.29 is 9.53 Å². The second-order valence-corrected chi connectivity index (χ2v) is 3.81. The van der Waals surface area contributed by atoms with Crippen molar-refractivity contribution in [3.05, 3.63) is 11.9 Å². The Bertz CT molecular complexity index is 384. The Morgan fingerprint density at radius 1 is 1.87 bits per heavy atom. The van der Waals surface area contributed by atoms with Crippen LogP contribution in [-0.2, 0) is 16.6 Å². The van der Waals surface area contributed by atoms with E-state index < -0.39 is 5.25 Å². The lowest BCUT2D eigenvalue weighted by Crippen LogP contribution is -2.05. The molecule has 1 unspecified atom stereocenters. The molecule has 0 aliphatic carbocycles. The Morgan fingerprint density at radius 3 is 3.07 bits per heavy atom. The van der Waals surface area contributed by atoms with Crippen LogP contribution in [-0.4, -0.2) is 33.8 Å². The number of carbonyl (C=O) groups excluding carboxylic acids is 1. The van der Waals surface area contributed by atoms with E-state index in [2.05, 4.69) is 21.1 Å². The zero-order valence-corrected chi connectivity index (χ0v) is 9.19. The van der Waals surface area contributed by atoms with E-state index in [-0.39, 0.29) is 11.7 Å². The number of esters is 1. The molecule has 0 saturated carbocycles. The normalized spacial score (nSPS) is 11.8. The highest BCUT2D eigenvalue weighted by atomic mass is 32.2. The molecule has 1 heterocycles. The first-order valence-corrected chi connectivity index (χ1v) is 5.16. The number of methoxy groups -OCH3 is 1. The minimum Gasteiger partial charge on any atom is -0.468 e. The molecule has 15 heavy (non-hydrogen) atoms. The molecule has 0 radical (unpaired) electrons. The molecule has 1 rings (SSSR count). The summed E-state index contributed by atoms with van der Waals surface area (Å²) in [6.07, 6.45) is 1.65. The summed E-state index contributed by atoms with van der Waals surface area (Å²) >= 11 is 1.17. The van der Waals surface area contributed by atoms with Crippen LogP contribution in [0.5, 0.6) is 0 Å². The molecule has 80 valence electrons. The summed E-state index contributed by atoms with van der Waals surface area (Å²) in [7, 11) is 3.03. The van der Waals surface area contributed by atoms with Crippen LogP contribution in [0.1, 0.15) is 10.9 Å². The van der Waals surface area contributed by atoms with Gasteiger partial charge in [-0.05, 0) is 0 Å². The Kier molecular flexibility index (Phi) is 4.12. The lowest BCUT2D eigenvalue weighted by Gasteiger charge is -2.03. The molecule has 0 saturated heterocycles. The van der Waals surface area contributed by atoms with E-state index in [9.17, 15) is 4.79 Å². The first-order valence-electron chi connectivity index (χ1n) is 4.11. The first-order chi connectivity index (χ1) is 7.17. The third kappa shape index (κ3) is 3.25. The minimum atomic E-state index is -0.488. The number of carbonyl (C=O) groups is 1. The molecule has 0 spiro atoms. The zero-order chi connectivity index (χ0) is 11.3. The van der Waals surface area contributed by atoms with Gasteiger partial charge in [0.15, 0.2) is 0 Å². The molecule has 0 amide bonds. The second kappa shape index (κ2) is 5.36. The van der Waals surface area contributed by atoms with Gasteiger partial charge in [-0.25, -0.2) is 0 Å². The van der Waals surface area contributed by atoms with Crippen LogP contribution in [0.15, 0.2) is 6.20 Å². The summed E-state index contributed by atoms with van der Waals surface area (Å²) < 4.78 is 5.99. The zero-order valence-electron chi connectivity index (χ0n) is 8.38. The van der Waals surface area contributed by atoms with Crippen molar-refractivity contribution in [1.82, 2.24) is 15.0 Å². The van der Waals surface area contributed by atoms with Crippen LogP contribution in [0, 0.1) is 11.3 Å². The first kappa shape index (κ1) is 11.5. The number of aryl methyl sites for hydroxylation is 1. The van der Waals surface area contributed by atoms with Gasteiger partial charge < -0.3 is 4.74 Å². The number of nitrogens with zero attached hydrogens (tertiary/aromatic N) is 4. The van der Waals surface area contributed by atoms with E-state index in [0.717, 1.165) is 0 Å². The molecule has 0 bridgehead atoms. The molecule has 0 aliphatic rings. The number of hydrogen-bond acceptors (Lipinski definition) is 6. The summed E-state index contributed by atoms with van der Waals surface area (Å²) in [4.78, 5) is 10.9. The fraction of sp³-hybridized carbons (Fsp3) is 0.500. The molecule has 0 N–H and O–H groups in total. The lowest BCUT2D eigenvalue weighted by atomic mass is 10.3. The van der Waals surface area contributed by atoms with Gasteiger partial charge in [0.1, 0.15) is 10.9 Å². The van der Waals surface area contributed by atoms with E-state index in [0.29, 0.717) is 5.69 Å². The van der Waals surface area contributed by atoms with Crippen molar-refractivity contribution in [1.29, 1.82) is 5.26 Å². The second-order valence-electron chi connectivity index (χ2n) is 2.71. The maximum Gasteiger partial charge on any atom is 0.315 e.